The summed E-state index contributed by atoms with van der Waals surface area (Å²) in [5.74, 6) is -0.243. The summed E-state index contributed by atoms with van der Waals surface area (Å²) in [6, 6.07) is 13.4. The molecule has 0 N–H and O–H groups in total. The number of halogens is 2. The lowest BCUT2D eigenvalue weighted by Gasteiger charge is -2.36. The third kappa shape index (κ3) is 4.52. The molecule has 23 heavy (non-hydrogen) atoms. The number of rotatable bonds is 4. The summed E-state index contributed by atoms with van der Waals surface area (Å²) < 4.78 is 20.4. The minimum absolute atomic E-state index is 0.210. The lowest BCUT2D eigenvalue weighted by atomic mass is 10.0. The predicted molar refractivity (Wildman–Crippen MR) is 102 cm³/mol. The second-order valence-electron chi connectivity index (χ2n) is 7.37. The van der Waals surface area contributed by atoms with E-state index in [1.54, 1.807) is 12.1 Å². The first kappa shape index (κ1) is 18.4. The van der Waals surface area contributed by atoms with Crippen LogP contribution in [-0.4, -0.2) is 8.32 Å². The standard InChI is InChI=1S/C19H24BrFOSi/c1-19(2,3)23(4,5)22-13-14-6-8-15(9-7-14)16-10-11-17(20)18(21)12-16/h6-12H,13H2,1-5H3. The van der Waals surface area contributed by atoms with Crippen molar-refractivity contribution >= 4 is 24.2 Å². The molecule has 0 radical (unpaired) electrons. The molecule has 0 aliphatic carbocycles. The highest BCUT2D eigenvalue weighted by molar-refractivity contribution is 9.10. The van der Waals surface area contributed by atoms with E-state index in [-0.39, 0.29) is 10.9 Å². The van der Waals surface area contributed by atoms with Gasteiger partial charge in [0.1, 0.15) is 5.82 Å². The van der Waals surface area contributed by atoms with E-state index < -0.39 is 8.32 Å². The fourth-order valence-electron chi connectivity index (χ4n) is 1.95. The van der Waals surface area contributed by atoms with Crippen molar-refractivity contribution in [1.29, 1.82) is 0 Å². The van der Waals surface area contributed by atoms with Gasteiger partial charge in [-0.15, -0.1) is 0 Å². The highest BCUT2D eigenvalue weighted by Crippen LogP contribution is 2.37. The highest BCUT2D eigenvalue weighted by Gasteiger charge is 2.36. The summed E-state index contributed by atoms with van der Waals surface area (Å²) in [5.41, 5.74) is 3.03. The van der Waals surface area contributed by atoms with Gasteiger partial charge in [0.05, 0.1) is 11.1 Å². The zero-order valence-corrected chi connectivity index (χ0v) is 17.0. The minimum Gasteiger partial charge on any atom is -0.413 e. The smallest absolute Gasteiger partial charge is 0.192 e. The van der Waals surface area contributed by atoms with E-state index in [4.69, 9.17) is 4.43 Å². The van der Waals surface area contributed by atoms with Gasteiger partial charge in [-0.1, -0.05) is 51.1 Å². The molecule has 0 bridgehead atoms. The van der Waals surface area contributed by atoms with Crippen LogP contribution in [0.1, 0.15) is 26.3 Å². The normalized spacial score (nSPS) is 12.5. The second-order valence-corrected chi connectivity index (χ2v) is 13.0. The minimum atomic E-state index is -1.73. The van der Waals surface area contributed by atoms with Gasteiger partial charge < -0.3 is 4.43 Å². The topological polar surface area (TPSA) is 9.23 Å². The third-order valence-corrected chi connectivity index (χ3v) is 9.73. The molecule has 0 heterocycles. The van der Waals surface area contributed by atoms with Crippen LogP contribution >= 0.6 is 15.9 Å². The van der Waals surface area contributed by atoms with Gasteiger partial charge in [-0.2, -0.15) is 0 Å². The summed E-state index contributed by atoms with van der Waals surface area (Å²) in [6.07, 6.45) is 0. The van der Waals surface area contributed by atoms with E-state index in [0.29, 0.717) is 11.1 Å². The lowest BCUT2D eigenvalue weighted by Crippen LogP contribution is -2.40. The molecular formula is C19H24BrFOSi. The first-order valence-electron chi connectivity index (χ1n) is 7.78. The summed E-state index contributed by atoms with van der Waals surface area (Å²) in [6.45, 7) is 11.9. The summed E-state index contributed by atoms with van der Waals surface area (Å²) in [4.78, 5) is 0. The Morgan fingerprint density at radius 3 is 2.09 bits per heavy atom. The molecule has 0 atom stereocenters. The van der Waals surface area contributed by atoms with E-state index in [0.717, 1.165) is 16.7 Å². The van der Waals surface area contributed by atoms with Gasteiger partial charge >= 0.3 is 0 Å². The van der Waals surface area contributed by atoms with Gasteiger partial charge in [0.25, 0.3) is 0 Å². The highest BCUT2D eigenvalue weighted by atomic mass is 79.9. The Kier molecular flexibility index (Phi) is 5.49. The van der Waals surface area contributed by atoms with Crippen molar-refractivity contribution < 1.29 is 8.82 Å². The molecule has 0 spiro atoms. The second kappa shape index (κ2) is 6.87. The van der Waals surface area contributed by atoms with Crippen LogP contribution < -0.4 is 0 Å². The van der Waals surface area contributed by atoms with Crippen LogP contribution in [0.5, 0.6) is 0 Å². The largest absolute Gasteiger partial charge is 0.413 e. The van der Waals surface area contributed by atoms with Crippen LogP contribution in [0.4, 0.5) is 4.39 Å². The fourth-order valence-corrected chi connectivity index (χ4v) is 3.16. The monoisotopic (exact) mass is 394 g/mol. The molecule has 4 heteroatoms. The maximum Gasteiger partial charge on any atom is 0.192 e. The fraction of sp³-hybridized carbons (Fsp3) is 0.368. The van der Waals surface area contributed by atoms with Crippen LogP contribution in [0.25, 0.3) is 11.1 Å². The molecule has 2 aromatic carbocycles. The molecule has 0 aromatic heterocycles. The van der Waals surface area contributed by atoms with Gasteiger partial charge in [-0.05, 0) is 62.9 Å². The van der Waals surface area contributed by atoms with Gasteiger partial charge in [-0.3, -0.25) is 0 Å². The van der Waals surface area contributed by atoms with Gasteiger partial charge in [0.2, 0.25) is 0 Å². The van der Waals surface area contributed by atoms with Crippen LogP contribution in [-0.2, 0) is 11.0 Å². The first-order valence-corrected chi connectivity index (χ1v) is 11.5. The van der Waals surface area contributed by atoms with Crippen molar-refractivity contribution in [3.63, 3.8) is 0 Å². The van der Waals surface area contributed by atoms with E-state index in [1.165, 1.54) is 0 Å². The molecule has 1 nitrogen and oxygen atoms in total. The van der Waals surface area contributed by atoms with E-state index in [9.17, 15) is 4.39 Å². The Hall–Kier alpha value is -0.973. The van der Waals surface area contributed by atoms with Crippen LogP contribution in [0.15, 0.2) is 46.9 Å². The van der Waals surface area contributed by atoms with Crippen molar-refractivity contribution in [1.82, 2.24) is 0 Å². The Morgan fingerprint density at radius 2 is 1.57 bits per heavy atom. The molecular weight excluding hydrogens is 371 g/mol. The molecule has 0 aliphatic heterocycles. The van der Waals surface area contributed by atoms with Crippen LogP contribution in [0.3, 0.4) is 0 Å². The van der Waals surface area contributed by atoms with Crippen molar-refractivity contribution in [2.24, 2.45) is 0 Å². The SMILES string of the molecule is CC(C)(C)[Si](C)(C)OCc1ccc(-c2ccc(Br)c(F)c2)cc1. The molecule has 2 aromatic rings. The lowest BCUT2D eigenvalue weighted by molar-refractivity contribution is 0.276. The molecule has 0 fully saturated rings. The van der Waals surface area contributed by atoms with E-state index in [1.807, 2.05) is 18.2 Å². The van der Waals surface area contributed by atoms with Crippen LogP contribution in [0.2, 0.25) is 18.1 Å². The molecule has 0 aliphatic rings. The molecule has 124 valence electrons. The van der Waals surface area contributed by atoms with E-state index in [2.05, 4.69) is 61.9 Å². The molecule has 0 saturated carbocycles. The number of benzene rings is 2. The summed E-state index contributed by atoms with van der Waals surface area (Å²) >= 11 is 3.18. The van der Waals surface area contributed by atoms with E-state index >= 15 is 0 Å². The van der Waals surface area contributed by atoms with Crippen molar-refractivity contribution in [2.75, 3.05) is 0 Å². The zero-order chi connectivity index (χ0) is 17.3. The van der Waals surface area contributed by atoms with Crippen molar-refractivity contribution in [3.05, 3.63) is 58.3 Å². The Bertz CT molecular complexity index is 675. The summed E-state index contributed by atoms with van der Waals surface area (Å²) in [7, 11) is -1.73. The zero-order valence-electron chi connectivity index (χ0n) is 14.4. The first-order chi connectivity index (χ1) is 10.6. The number of hydrogen-bond acceptors (Lipinski definition) is 1. The molecule has 0 amide bonds. The Labute approximate surface area is 148 Å². The molecule has 0 saturated heterocycles. The Balaban J connectivity index is 2.09. The maximum atomic E-state index is 13.6. The van der Waals surface area contributed by atoms with Crippen LogP contribution in [0, 0.1) is 5.82 Å². The average Bonchev–Trinajstić information content (AvgIpc) is 2.47. The average molecular weight is 395 g/mol. The molecule has 0 unspecified atom stereocenters. The van der Waals surface area contributed by atoms with Gasteiger partial charge in [0, 0.05) is 0 Å². The van der Waals surface area contributed by atoms with Crippen molar-refractivity contribution in [3.8, 4) is 11.1 Å². The maximum absolute atomic E-state index is 13.6. The molecule has 2 rings (SSSR count). The number of hydrogen-bond donors (Lipinski definition) is 0. The van der Waals surface area contributed by atoms with Crippen molar-refractivity contribution in [2.45, 2.75) is 45.5 Å². The Morgan fingerprint density at radius 1 is 1.00 bits per heavy atom. The summed E-state index contributed by atoms with van der Waals surface area (Å²) in [5, 5.41) is 0.210. The van der Waals surface area contributed by atoms with Gasteiger partial charge in [-0.25, -0.2) is 4.39 Å². The quantitative estimate of drug-likeness (QED) is 0.519. The predicted octanol–water partition coefficient (Wildman–Crippen LogP) is 6.78. The van der Waals surface area contributed by atoms with Gasteiger partial charge in [0.15, 0.2) is 8.32 Å². The third-order valence-electron chi connectivity index (χ3n) is 4.61.